The van der Waals surface area contributed by atoms with E-state index in [4.69, 9.17) is 14.6 Å². The van der Waals surface area contributed by atoms with Crippen molar-refractivity contribution in [2.75, 3.05) is 19.8 Å². The van der Waals surface area contributed by atoms with Crippen molar-refractivity contribution in [2.45, 2.75) is 31.7 Å². The van der Waals surface area contributed by atoms with E-state index in [-0.39, 0.29) is 4.90 Å². The van der Waals surface area contributed by atoms with Gasteiger partial charge in [0.2, 0.25) is 10.0 Å². The lowest BCUT2D eigenvalue weighted by Gasteiger charge is -2.13. The van der Waals surface area contributed by atoms with E-state index in [0.29, 0.717) is 19.8 Å². The normalized spacial score (nSPS) is 11.3. The van der Waals surface area contributed by atoms with Gasteiger partial charge in [0.25, 0.3) is 0 Å². The zero-order valence-corrected chi connectivity index (χ0v) is 16.0. The van der Waals surface area contributed by atoms with Gasteiger partial charge in [-0.3, -0.25) is 0 Å². The Labute approximate surface area is 155 Å². The van der Waals surface area contributed by atoms with Gasteiger partial charge in [-0.05, 0) is 62.2 Å². The molecule has 0 aliphatic carbocycles. The molecule has 0 bridgehead atoms. The van der Waals surface area contributed by atoms with Crippen LogP contribution in [0.1, 0.15) is 25.0 Å². The average molecular weight is 378 g/mol. The first-order valence-electron chi connectivity index (χ1n) is 8.65. The zero-order valence-electron chi connectivity index (χ0n) is 15.2. The number of sulfonamides is 1. The van der Waals surface area contributed by atoms with Gasteiger partial charge in [-0.1, -0.05) is 18.2 Å². The predicted octanol–water partition coefficient (Wildman–Crippen LogP) is 2.46. The number of hydrogen-bond donors (Lipinski definition) is 2. The number of primary sulfonamides is 1. The van der Waals surface area contributed by atoms with Crippen LogP contribution < -0.4 is 19.9 Å². The van der Waals surface area contributed by atoms with Crippen LogP contribution in [0, 0.1) is 0 Å². The van der Waals surface area contributed by atoms with Gasteiger partial charge in [0.05, 0.1) is 18.1 Å². The highest BCUT2D eigenvalue weighted by Crippen LogP contribution is 2.28. The molecule has 0 unspecified atom stereocenters. The van der Waals surface area contributed by atoms with Crippen molar-refractivity contribution < 1.29 is 17.9 Å². The molecule has 0 heterocycles. The summed E-state index contributed by atoms with van der Waals surface area (Å²) >= 11 is 0. The van der Waals surface area contributed by atoms with Crippen molar-refractivity contribution in [2.24, 2.45) is 5.14 Å². The molecule has 0 aliphatic rings. The van der Waals surface area contributed by atoms with Crippen LogP contribution in [-0.2, 0) is 23.0 Å². The van der Waals surface area contributed by atoms with Crippen molar-refractivity contribution in [3.8, 4) is 11.5 Å². The minimum atomic E-state index is -3.64. The second kappa shape index (κ2) is 9.56. The largest absolute Gasteiger partial charge is 0.490 e. The molecule has 0 spiro atoms. The molecule has 0 saturated heterocycles. The maximum atomic E-state index is 11.2. The predicted molar refractivity (Wildman–Crippen MR) is 102 cm³/mol. The zero-order chi connectivity index (χ0) is 19.0. The first-order valence-corrected chi connectivity index (χ1v) is 10.2. The fourth-order valence-corrected chi connectivity index (χ4v) is 3.03. The molecular formula is C19H26N2O4S. The Morgan fingerprint density at radius 2 is 1.54 bits per heavy atom. The van der Waals surface area contributed by atoms with Crippen LogP contribution in [-0.4, -0.2) is 28.2 Å². The second-order valence-corrected chi connectivity index (χ2v) is 7.32. The average Bonchev–Trinajstić information content (AvgIpc) is 2.61. The summed E-state index contributed by atoms with van der Waals surface area (Å²) in [6, 6.07) is 12.6. The summed E-state index contributed by atoms with van der Waals surface area (Å²) in [6.07, 6.45) is 0.792. The number of rotatable bonds is 10. The van der Waals surface area contributed by atoms with Gasteiger partial charge < -0.3 is 14.8 Å². The SMILES string of the molecule is CCOc1ccc(CNCCc2ccc(S(N)(=O)=O)cc2)cc1OCC. The highest BCUT2D eigenvalue weighted by Gasteiger charge is 2.07. The van der Waals surface area contributed by atoms with Gasteiger partial charge >= 0.3 is 0 Å². The third-order valence-electron chi connectivity index (χ3n) is 3.78. The van der Waals surface area contributed by atoms with Crippen molar-refractivity contribution >= 4 is 10.0 Å². The number of benzene rings is 2. The maximum absolute atomic E-state index is 11.2. The fourth-order valence-electron chi connectivity index (χ4n) is 2.52. The Morgan fingerprint density at radius 1 is 0.923 bits per heavy atom. The van der Waals surface area contributed by atoms with E-state index in [0.717, 1.165) is 35.6 Å². The number of hydrogen-bond acceptors (Lipinski definition) is 5. The van der Waals surface area contributed by atoms with Gasteiger partial charge in [-0.25, -0.2) is 13.6 Å². The van der Waals surface area contributed by atoms with Crippen LogP contribution >= 0.6 is 0 Å². The van der Waals surface area contributed by atoms with Crippen molar-refractivity contribution in [1.82, 2.24) is 5.32 Å². The maximum Gasteiger partial charge on any atom is 0.238 e. The molecular weight excluding hydrogens is 352 g/mol. The summed E-state index contributed by atoms with van der Waals surface area (Å²) in [7, 11) is -3.64. The van der Waals surface area contributed by atoms with E-state index in [1.54, 1.807) is 12.1 Å². The molecule has 2 aromatic carbocycles. The third kappa shape index (κ3) is 6.01. The molecule has 0 radical (unpaired) electrons. The molecule has 2 aromatic rings. The molecule has 3 N–H and O–H groups in total. The molecule has 0 aromatic heterocycles. The Hall–Kier alpha value is -2.09. The first kappa shape index (κ1) is 20.2. The second-order valence-electron chi connectivity index (χ2n) is 5.76. The molecule has 0 atom stereocenters. The molecule has 0 aliphatic heterocycles. The third-order valence-corrected chi connectivity index (χ3v) is 4.71. The van der Waals surface area contributed by atoms with Crippen LogP contribution in [0.5, 0.6) is 11.5 Å². The molecule has 7 heteroatoms. The van der Waals surface area contributed by atoms with E-state index in [9.17, 15) is 8.42 Å². The summed E-state index contributed by atoms with van der Waals surface area (Å²) < 4.78 is 33.7. The summed E-state index contributed by atoms with van der Waals surface area (Å²) in [5, 5.41) is 8.47. The molecule has 26 heavy (non-hydrogen) atoms. The minimum Gasteiger partial charge on any atom is -0.490 e. The minimum absolute atomic E-state index is 0.132. The molecule has 0 saturated carbocycles. The Bertz CT molecular complexity index is 805. The van der Waals surface area contributed by atoms with Crippen LogP contribution in [0.15, 0.2) is 47.4 Å². The van der Waals surface area contributed by atoms with Crippen LogP contribution in [0.2, 0.25) is 0 Å². The topological polar surface area (TPSA) is 90.6 Å². The lowest BCUT2D eigenvalue weighted by molar-refractivity contribution is 0.287. The molecule has 0 amide bonds. The van der Waals surface area contributed by atoms with Crippen LogP contribution in [0.4, 0.5) is 0 Å². The van der Waals surface area contributed by atoms with Gasteiger partial charge in [-0.15, -0.1) is 0 Å². The molecule has 142 valence electrons. The lowest BCUT2D eigenvalue weighted by Crippen LogP contribution is -2.17. The molecule has 2 rings (SSSR count). The Kier molecular flexibility index (Phi) is 7.44. The molecule has 0 fully saturated rings. The van der Waals surface area contributed by atoms with Gasteiger partial charge in [-0.2, -0.15) is 0 Å². The first-order chi connectivity index (χ1) is 12.4. The molecule has 6 nitrogen and oxygen atoms in total. The van der Waals surface area contributed by atoms with E-state index in [1.807, 2.05) is 32.0 Å². The number of ether oxygens (including phenoxy) is 2. The monoisotopic (exact) mass is 378 g/mol. The number of nitrogens with one attached hydrogen (secondary N) is 1. The van der Waals surface area contributed by atoms with E-state index >= 15 is 0 Å². The van der Waals surface area contributed by atoms with E-state index in [1.165, 1.54) is 12.1 Å². The smallest absolute Gasteiger partial charge is 0.238 e. The van der Waals surface area contributed by atoms with Gasteiger partial charge in [0.1, 0.15) is 0 Å². The highest BCUT2D eigenvalue weighted by molar-refractivity contribution is 7.89. The van der Waals surface area contributed by atoms with Gasteiger partial charge in [0, 0.05) is 6.54 Å². The highest BCUT2D eigenvalue weighted by atomic mass is 32.2. The summed E-state index contributed by atoms with van der Waals surface area (Å²) in [6.45, 7) is 6.56. The van der Waals surface area contributed by atoms with Crippen molar-refractivity contribution in [1.29, 1.82) is 0 Å². The number of nitrogens with two attached hydrogens (primary N) is 1. The van der Waals surface area contributed by atoms with Crippen LogP contribution in [0.3, 0.4) is 0 Å². The summed E-state index contributed by atoms with van der Waals surface area (Å²) in [5.74, 6) is 1.51. The van der Waals surface area contributed by atoms with E-state index < -0.39 is 10.0 Å². The summed E-state index contributed by atoms with van der Waals surface area (Å²) in [5.41, 5.74) is 2.16. The van der Waals surface area contributed by atoms with Crippen molar-refractivity contribution in [3.63, 3.8) is 0 Å². The van der Waals surface area contributed by atoms with Crippen LogP contribution in [0.25, 0.3) is 0 Å². The summed E-state index contributed by atoms with van der Waals surface area (Å²) in [4.78, 5) is 0.132. The van der Waals surface area contributed by atoms with Crippen molar-refractivity contribution in [3.05, 3.63) is 53.6 Å². The standard InChI is InChI=1S/C19H26N2O4S/c1-3-24-18-10-7-16(13-19(18)25-4-2)14-21-12-11-15-5-8-17(9-6-15)26(20,22)23/h5-10,13,21H,3-4,11-12,14H2,1-2H3,(H2,20,22,23). The Balaban J connectivity index is 1.86. The lowest BCUT2D eigenvalue weighted by atomic mass is 10.1. The van der Waals surface area contributed by atoms with E-state index in [2.05, 4.69) is 5.32 Å². The quantitative estimate of drug-likeness (QED) is 0.620. The Morgan fingerprint density at radius 3 is 2.15 bits per heavy atom. The fraction of sp³-hybridized carbons (Fsp3) is 0.368. The van der Waals surface area contributed by atoms with Gasteiger partial charge in [0.15, 0.2) is 11.5 Å².